The molecule has 1 aromatic rings. The van der Waals surface area contributed by atoms with Gasteiger partial charge >= 0.3 is 0 Å². The molecule has 1 aliphatic carbocycles. The lowest BCUT2D eigenvalue weighted by molar-refractivity contribution is 0.299. The molecule has 0 radical (unpaired) electrons. The Labute approximate surface area is 125 Å². The van der Waals surface area contributed by atoms with E-state index < -0.39 is 0 Å². The Morgan fingerprint density at radius 1 is 1.32 bits per heavy atom. The highest BCUT2D eigenvalue weighted by Crippen LogP contribution is 2.33. The van der Waals surface area contributed by atoms with Gasteiger partial charge in [-0.15, -0.1) is 0 Å². The molecule has 1 aromatic heterocycles. The minimum atomic E-state index is 0.248. The fourth-order valence-electron chi connectivity index (χ4n) is 2.98. The Bertz CT molecular complexity index is 403. The highest BCUT2D eigenvalue weighted by atomic mass is 35.5. The van der Waals surface area contributed by atoms with Gasteiger partial charge in [0.2, 0.25) is 0 Å². The van der Waals surface area contributed by atoms with E-state index >= 15 is 0 Å². The van der Waals surface area contributed by atoms with Crippen LogP contribution >= 0.6 is 23.2 Å². The van der Waals surface area contributed by atoms with Gasteiger partial charge in [-0.1, -0.05) is 62.2 Å². The van der Waals surface area contributed by atoms with Crippen LogP contribution in [0.3, 0.4) is 0 Å². The highest BCUT2D eigenvalue weighted by Gasteiger charge is 2.22. The van der Waals surface area contributed by atoms with Gasteiger partial charge in [0.05, 0.1) is 21.8 Å². The summed E-state index contributed by atoms with van der Waals surface area (Å²) >= 11 is 12.2. The molecule has 106 valence electrons. The van der Waals surface area contributed by atoms with Crippen LogP contribution in [0.1, 0.15) is 57.2 Å². The Kier molecular flexibility index (Phi) is 5.93. The standard InChI is InChI=1S/C15H22Cl2N2/c1-2-18-14(8-11-6-4-3-5-7-11)15-13(17)9-12(16)10-19-15/h9-11,14,18H,2-8H2,1H3. The van der Waals surface area contributed by atoms with Gasteiger partial charge in [-0.2, -0.15) is 0 Å². The first-order valence-electron chi connectivity index (χ1n) is 7.25. The van der Waals surface area contributed by atoms with Gasteiger partial charge in [0, 0.05) is 6.20 Å². The maximum atomic E-state index is 6.29. The van der Waals surface area contributed by atoms with Crippen LogP contribution in [-0.4, -0.2) is 11.5 Å². The number of hydrogen-bond donors (Lipinski definition) is 1. The van der Waals surface area contributed by atoms with Gasteiger partial charge in [-0.25, -0.2) is 0 Å². The summed E-state index contributed by atoms with van der Waals surface area (Å²) in [4.78, 5) is 4.44. The van der Waals surface area contributed by atoms with Crippen LogP contribution in [0.25, 0.3) is 0 Å². The van der Waals surface area contributed by atoms with Crippen molar-refractivity contribution in [1.82, 2.24) is 10.3 Å². The van der Waals surface area contributed by atoms with Crippen LogP contribution in [0, 0.1) is 5.92 Å². The summed E-state index contributed by atoms with van der Waals surface area (Å²) < 4.78 is 0. The molecular formula is C15H22Cl2N2. The quantitative estimate of drug-likeness (QED) is 0.827. The van der Waals surface area contributed by atoms with Gasteiger partial charge in [0.25, 0.3) is 0 Å². The lowest BCUT2D eigenvalue weighted by atomic mass is 9.84. The van der Waals surface area contributed by atoms with Crippen LogP contribution in [0.15, 0.2) is 12.3 Å². The SMILES string of the molecule is CCNC(CC1CCCCC1)c1ncc(Cl)cc1Cl. The Balaban J connectivity index is 2.09. The zero-order valence-corrected chi connectivity index (χ0v) is 13.0. The first-order valence-corrected chi connectivity index (χ1v) is 8.00. The smallest absolute Gasteiger partial charge is 0.0760 e. The van der Waals surface area contributed by atoms with Gasteiger partial charge in [-0.3, -0.25) is 4.98 Å². The van der Waals surface area contributed by atoms with Crippen molar-refractivity contribution in [2.75, 3.05) is 6.54 Å². The molecule has 1 N–H and O–H groups in total. The molecule has 0 bridgehead atoms. The summed E-state index contributed by atoms with van der Waals surface area (Å²) in [6.45, 7) is 3.05. The van der Waals surface area contributed by atoms with Crippen molar-refractivity contribution < 1.29 is 0 Å². The van der Waals surface area contributed by atoms with Crippen molar-refractivity contribution in [2.24, 2.45) is 5.92 Å². The Morgan fingerprint density at radius 3 is 2.68 bits per heavy atom. The molecule has 1 heterocycles. The van der Waals surface area contributed by atoms with E-state index in [1.807, 2.05) is 0 Å². The molecule has 1 unspecified atom stereocenters. The fourth-order valence-corrected chi connectivity index (χ4v) is 3.49. The van der Waals surface area contributed by atoms with Crippen molar-refractivity contribution in [2.45, 2.75) is 51.5 Å². The maximum Gasteiger partial charge on any atom is 0.0760 e. The molecule has 0 spiro atoms. The first kappa shape index (κ1) is 15.1. The molecule has 1 aliphatic rings. The number of nitrogens with one attached hydrogen (secondary N) is 1. The zero-order chi connectivity index (χ0) is 13.7. The normalized spacial score (nSPS) is 18.5. The molecule has 2 nitrogen and oxygen atoms in total. The largest absolute Gasteiger partial charge is 0.309 e. The molecule has 4 heteroatoms. The third-order valence-corrected chi connectivity index (χ3v) is 4.42. The third kappa shape index (κ3) is 4.34. The fraction of sp³-hybridized carbons (Fsp3) is 0.667. The molecule has 1 saturated carbocycles. The maximum absolute atomic E-state index is 6.29. The molecule has 0 aromatic carbocycles. The van der Waals surface area contributed by atoms with Crippen molar-refractivity contribution in [3.8, 4) is 0 Å². The summed E-state index contributed by atoms with van der Waals surface area (Å²) in [5.41, 5.74) is 0.943. The summed E-state index contributed by atoms with van der Waals surface area (Å²) in [5, 5.41) is 4.79. The van der Waals surface area contributed by atoms with Crippen LogP contribution < -0.4 is 5.32 Å². The predicted octanol–water partition coefficient (Wildman–Crippen LogP) is 5.01. The Hall–Kier alpha value is -0.310. The van der Waals surface area contributed by atoms with E-state index in [-0.39, 0.29) is 6.04 Å². The number of halogens is 2. The van der Waals surface area contributed by atoms with Crippen molar-refractivity contribution in [3.05, 3.63) is 28.0 Å². The predicted molar refractivity (Wildman–Crippen MR) is 81.9 cm³/mol. The lowest BCUT2D eigenvalue weighted by Gasteiger charge is -2.27. The molecule has 1 atom stereocenters. The second-order valence-electron chi connectivity index (χ2n) is 5.37. The molecule has 2 rings (SSSR count). The topological polar surface area (TPSA) is 24.9 Å². The highest BCUT2D eigenvalue weighted by molar-refractivity contribution is 6.34. The molecule has 0 amide bonds. The van der Waals surface area contributed by atoms with E-state index in [0.29, 0.717) is 10.0 Å². The second-order valence-corrected chi connectivity index (χ2v) is 6.21. The van der Waals surface area contributed by atoms with E-state index in [4.69, 9.17) is 23.2 Å². The van der Waals surface area contributed by atoms with Gasteiger partial charge in [0.1, 0.15) is 0 Å². The minimum absolute atomic E-state index is 0.248. The van der Waals surface area contributed by atoms with Crippen LogP contribution in [0.5, 0.6) is 0 Å². The van der Waals surface area contributed by atoms with E-state index in [1.165, 1.54) is 32.1 Å². The number of nitrogens with zero attached hydrogens (tertiary/aromatic N) is 1. The van der Waals surface area contributed by atoms with Crippen molar-refractivity contribution in [3.63, 3.8) is 0 Å². The number of pyridine rings is 1. The third-order valence-electron chi connectivity index (χ3n) is 3.91. The number of aromatic nitrogens is 1. The van der Waals surface area contributed by atoms with Gasteiger partial charge in [-0.05, 0) is 24.9 Å². The molecule has 19 heavy (non-hydrogen) atoms. The lowest BCUT2D eigenvalue weighted by Crippen LogP contribution is -2.25. The first-order chi connectivity index (χ1) is 9.20. The van der Waals surface area contributed by atoms with E-state index in [2.05, 4.69) is 17.2 Å². The number of hydrogen-bond acceptors (Lipinski definition) is 2. The van der Waals surface area contributed by atoms with Crippen molar-refractivity contribution in [1.29, 1.82) is 0 Å². The average molecular weight is 301 g/mol. The molecular weight excluding hydrogens is 279 g/mol. The number of rotatable bonds is 5. The average Bonchev–Trinajstić information content (AvgIpc) is 2.39. The minimum Gasteiger partial charge on any atom is -0.309 e. The van der Waals surface area contributed by atoms with Crippen LogP contribution in [-0.2, 0) is 0 Å². The molecule has 0 aliphatic heterocycles. The molecule has 0 saturated heterocycles. The summed E-state index contributed by atoms with van der Waals surface area (Å²) in [7, 11) is 0. The van der Waals surface area contributed by atoms with Gasteiger partial charge < -0.3 is 5.32 Å². The van der Waals surface area contributed by atoms with Crippen LogP contribution in [0.4, 0.5) is 0 Å². The second kappa shape index (κ2) is 7.47. The van der Waals surface area contributed by atoms with E-state index in [9.17, 15) is 0 Å². The summed E-state index contributed by atoms with van der Waals surface area (Å²) in [6.07, 6.45) is 9.62. The zero-order valence-electron chi connectivity index (χ0n) is 11.5. The van der Waals surface area contributed by atoms with E-state index in [1.54, 1.807) is 12.3 Å². The van der Waals surface area contributed by atoms with Gasteiger partial charge in [0.15, 0.2) is 0 Å². The summed E-state index contributed by atoms with van der Waals surface area (Å²) in [6, 6.07) is 2.04. The van der Waals surface area contributed by atoms with E-state index in [0.717, 1.165) is 24.6 Å². The monoisotopic (exact) mass is 300 g/mol. The van der Waals surface area contributed by atoms with Crippen molar-refractivity contribution >= 4 is 23.2 Å². The van der Waals surface area contributed by atoms with Crippen LogP contribution in [0.2, 0.25) is 10.0 Å². The summed E-state index contributed by atoms with van der Waals surface area (Å²) in [5.74, 6) is 0.798. The molecule has 1 fully saturated rings. The Morgan fingerprint density at radius 2 is 2.05 bits per heavy atom.